The number of hydrogen-bond acceptors (Lipinski definition) is 2. The molecule has 2 atom stereocenters. The molecule has 25 heavy (non-hydrogen) atoms. The Kier molecular flexibility index (Phi) is 4.42. The first kappa shape index (κ1) is 15.4. The minimum absolute atomic E-state index is 0.149. The van der Waals surface area contributed by atoms with Crippen molar-refractivity contribution in [2.24, 2.45) is 11.0 Å². The normalized spacial score (nSPS) is 19.6. The molecule has 2 nitrogen and oxygen atoms in total. The Hall–Kier alpha value is -3.13. The summed E-state index contributed by atoms with van der Waals surface area (Å²) in [5.41, 5.74) is 8.04. The van der Waals surface area contributed by atoms with Gasteiger partial charge in [-0.25, -0.2) is 0 Å². The molecule has 1 heterocycles. The molecule has 1 aliphatic heterocycles. The molecule has 0 fully saturated rings. The summed E-state index contributed by atoms with van der Waals surface area (Å²) >= 11 is 0. The van der Waals surface area contributed by atoms with E-state index in [1.165, 1.54) is 11.1 Å². The molecule has 122 valence electrons. The molecule has 4 rings (SSSR count). The van der Waals surface area contributed by atoms with Crippen molar-refractivity contribution in [1.82, 2.24) is 5.43 Å². The van der Waals surface area contributed by atoms with Crippen molar-refractivity contribution in [3.8, 4) is 0 Å². The van der Waals surface area contributed by atoms with Crippen LogP contribution in [0.25, 0.3) is 6.08 Å². The summed E-state index contributed by atoms with van der Waals surface area (Å²) in [5.74, 6) is 0.185. The molecule has 1 N–H and O–H groups in total. The first-order chi connectivity index (χ1) is 12.4. The number of nitrogens with one attached hydrogen (secondary N) is 1. The van der Waals surface area contributed by atoms with Crippen LogP contribution < -0.4 is 5.43 Å². The lowest BCUT2D eigenvalue weighted by atomic mass is 9.87. The Morgan fingerprint density at radius 3 is 2.00 bits per heavy atom. The standard InChI is InChI=1S/C23H20N2/c1-4-10-18(11-5-1)16-17-21-22(19-12-6-2-7-13-19)24-25-23(21)20-14-8-3-9-15-20/h1-17,21-22,24H. The zero-order valence-corrected chi connectivity index (χ0v) is 13.9. The summed E-state index contributed by atoms with van der Waals surface area (Å²) in [5, 5.41) is 4.67. The molecular weight excluding hydrogens is 304 g/mol. The zero-order valence-electron chi connectivity index (χ0n) is 13.9. The second kappa shape index (κ2) is 7.18. The zero-order chi connectivity index (χ0) is 16.9. The molecule has 0 saturated carbocycles. The summed E-state index contributed by atoms with van der Waals surface area (Å²) < 4.78 is 0. The van der Waals surface area contributed by atoms with Crippen LogP contribution in [0.2, 0.25) is 0 Å². The van der Waals surface area contributed by atoms with Crippen LogP contribution in [-0.4, -0.2) is 5.71 Å². The number of rotatable bonds is 4. The second-order valence-corrected chi connectivity index (χ2v) is 6.18. The lowest BCUT2D eigenvalue weighted by molar-refractivity contribution is 0.557. The highest BCUT2D eigenvalue weighted by atomic mass is 15.3. The predicted octanol–water partition coefficient (Wildman–Crippen LogP) is 5.06. The van der Waals surface area contributed by atoms with Gasteiger partial charge in [0.05, 0.1) is 11.8 Å². The van der Waals surface area contributed by atoms with E-state index in [9.17, 15) is 0 Å². The van der Waals surface area contributed by atoms with Crippen molar-refractivity contribution in [3.63, 3.8) is 0 Å². The third-order valence-corrected chi connectivity index (χ3v) is 4.52. The van der Waals surface area contributed by atoms with E-state index in [2.05, 4.69) is 95.5 Å². The third kappa shape index (κ3) is 3.38. The lowest BCUT2D eigenvalue weighted by Gasteiger charge is -2.18. The molecule has 2 unspecified atom stereocenters. The van der Waals surface area contributed by atoms with Crippen molar-refractivity contribution >= 4 is 11.8 Å². The van der Waals surface area contributed by atoms with Crippen LogP contribution in [0.4, 0.5) is 0 Å². The maximum absolute atomic E-state index is 4.67. The van der Waals surface area contributed by atoms with E-state index in [0.717, 1.165) is 11.3 Å². The van der Waals surface area contributed by atoms with Crippen LogP contribution in [-0.2, 0) is 0 Å². The van der Waals surface area contributed by atoms with Gasteiger partial charge in [-0.3, -0.25) is 0 Å². The maximum atomic E-state index is 4.67. The number of nitrogens with zero attached hydrogens (tertiary/aromatic N) is 1. The van der Waals surface area contributed by atoms with Gasteiger partial charge in [0.15, 0.2) is 0 Å². The SMILES string of the molecule is C(=CC1C(c2ccccc2)=NNC1c1ccccc1)c1ccccc1. The first-order valence-corrected chi connectivity index (χ1v) is 8.58. The smallest absolute Gasteiger partial charge is 0.0808 e. The Bertz CT molecular complexity index is 868. The molecule has 3 aromatic rings. The molecule has 0 aromatic heterocycles. The van der Waals surface area contributed by atoms with Crippen molar-refractivity contribution in [1.29, 1.82) is 0 Å². The van der Waals surface area contributed by atoms with Gasteiger partial charge in [0.25, 0.3) is 0 Å². The van der Waals surface area contributed by atoms with Gasteiger partial charge in [0.2, 0.25) is 0 Å². The molecule has 1 aliphatic rings. The van der Waals surface area contributed by atoms with Gasteiger partial charge in [-0.15, -0.1) is 0 Å². The Balaban J connectivity index is 1.69. The third-order valence-electron chi connectivity index (χ3n) is 4.52. The lowest BCUT2D eigenvalue weighted by Crippen LogP contribution is -2.20. The molecule has 0 bridgehead atoms. The fourth-order valence-corrected chi connectivity index (χ4v) is 3.24. The van der Waals surface area contributed by atoms with Gasteiger partial charge in [-0.05, 0) is 16.7 Å². The van der Waals surface area contributed by atoms with Crippen molar-refractivity contribution in [2.75, 3.05) is 0 Å². The highest BCUT2D eigenvalue weighted by Crippen LogP contribution is 2.32. The van der Waals surface area contributed by atoms with Crippen molar-refractivity contribution in [3.05, 3.63) is 114 Å². The summed E-state index contributed by atoms with van der Waals surface area (Å²) in [6.07, 6.45) is 4.45. The quantitative estimate of drug-likeness (QED) is 0.712. The van der Waals surface area contributed by atoms with Crippen LogP contribution in [0.15, 0.2) is 102 Å². The fourth-order valence-electron chi connectivity index (χ4n) is 3.24. The van der Waals surface area contributed by atoms with Gasteiger partial charge in [-0.2, -0.15) is 5.10 Å². The van der Waals surface area contributed by atoms with Crippen molar-refractivity contribution < 1.29 is 0 Å². The van der Waals surface area contributed by atoms with Crippen LogP contribution in [0, 0.1) is 5.92 Å². The molecule has 0 aliphatic carbocycles. The number of hydrazone groups is 1. The first-order valence-electron chi connectivity index (χ1n) is 8.58. The monoisotopic (exact) mass is 324 g/mol. The summed E-state index contributed by atoms with van der Waals surface area (Å²) in [6.45, 7) is 0. The van der Waals surface area contributed by atoms with Gasteiger partial charge in [0, 0.05) is 5.92 Å². The minimum Gasteiger partial charge on any atom is -0.301 e. The van der Waals surface area contributed by atoms with E-state index in [1.54, 1.807) is 0 Å². The number of hydrogen-bond donors (Lipinski definition) is 1. The number of benzene rings is 3. The largest absolute Gasteiger partial charge is 0.301 e. The van der Waals surface area contributed by atoms with Crippen molar-refractivity contribution in [2.45, 2.75) is 6.04 Å². The van der Waals surface area contributed by atoms with Crippen LogP contribution >= 0.6 is 0 Å². The Morgan fingerprint density at radius 2 is 1.32 bits per heavy atom. The van der Waals surface area contributed by atoms with Crippen LogP contribution in [0.1, 0.15) is 22.7 Å². The minimum atomic E-state index is 0.149. The molecule has 0 spiro atoms. The highest BCUT2D eigenvalue weighted by molar-refractivity contribution is 6.05. The molecule has 0 radical (unpaired) electrons. The summed E-state index contributed by atoms with van der Waals surface area (Å²) in [6, 6.07) is 31.5. The fraction of sp³-hybridized carbons (Fsp3) is 0.0870. The Morgan fingerprint density at radius 1 is 0.720 bits per heavy atom. The van der Waals surface area contributed by atoms with Crippen LogP contribution in [0.3, 0.4) is 0 Å². The van der Waals surface area contributed by atoms with E-state index >= 15 is 0 Å². The summed E-state index contributed by atoms with van der Waals surface area (Å²) in [4.78, 5) is 0. The van der Waals surface area contributed by atoms with E-state index in [0.29, 0.717) is 0 Å². The second-order valence-electron chi connectivity index (χ2n) is 6.18. The molecule has 0 saturated heterocycles. The van der Waals surface area contributed by atoms with Gasteiger partial charge < -0.3 is 5.43 Å². The van der Waals surface area contributed by atoms with E-state index < -0.39 is 0 Å². The average molecular weight is 324 g/mol. The average Bonchev–Trinajstić information content (AvgIpc) is 3.12. The predicted molar refractivity (Wildman–Crippen MR) is 104 cm³/mol. The summed E-state index contributed by atoms with van der Waals surface area (Å²) in [7, 11) is 0. The maximum Gasteiger partial charge on any atom is 0.0808 e. The van der Waals surface area contributed by atoms with Crippen LogP contribution in [0.5, 0.6) is 0 Å². The molecule has 2 heteroatoms. The van der Waals surface area contributed by atoms with E-state index in [-0.39, 0.29) is 12.0 Å². The van der Waals surface area contributed by atoms with Gasteiger partial charge in [-0.1, -0.05) is 103 Å². The van der Waals surface area contributed by atoms with E-state index in [4.69, 9.17) is 0 Å². The Labute approximate surface area is 148 Å². The molecule has 0 amide bonds. The molecule has 3 aromatic carbocycles. The highest BCUT2D eigenvalue weighted by Gasteiger charge is 2.31. The van der Waals surface area contributed by atoms with E-state index in [1.807, 2.05) is 18.2 Å². The van der Waals surface area contributed by atoms with Gasteiger partial charge >= 0.3 is 0 Å². The molecular formula is C23H20N2. The topological polar surface area (TPSA) is 24.4 Å². The van der Waals surface area contributed by atoms with Gasteiger partial charge in [0.1, 0.15) is 0 Å².